The summed E-state index contributed by atoms with van der Waals surface area (Å²) in [6.45, 7) is 4.48. The minimum Gasteiger partial charge on any atom is -0.341 e. The zero-order valence-corrected chi connectivity index (χ0v) is 13.0. The van der Waals surface area contributed by atoms with Crippen LogP contribution in [0.5, 0.6) is 0 Å². The summed E-state index contributed by atoms with van der Waals surface area (Å²) in [4.78, 5) is 14.0. The maximum absolute atomic E-state index is 12.3. The van der Waals surface area contributed by atoms with E-state index in [0.717, 1.165) is 25.7 Å². The molecule has 0 radical (unpaired) electrons. The molecular formula is C13H21ClN2O3S. The average molecular weight is 321 g/mol. The molecule has 1 saturated carbocycles. The molecule has 2 fully saturated rings. The molecule has 1 N–H and O–H groups in total. The Morgan fingerprint density at radius 3 is 2.55 bits per heavy atom. The molecule has 0 aromatic heterocycles. The van der Waals surface area contributed by atoms with E-state index in [2.05, 4.69) is 11.3 Å². The van der Waals surface area contributed by atoms with Crippen LogP contribution in [0.25, 0.3) is 0 Å². The molecule has 0 unspecified atom stereocenters. The van der Waals surface area contributed by atoms with Crippen LogP contribution in [0.3, 0.4) is 0 Å². The third-order valence-electron chi connectivity index (χ3n) is 3.90. The topological polar surface area (TPSA) is 66.5 Å². The van der Waals surface area contributed by atoms with Gasteiger partial charge >= 0.3 is 0 Å². The highest BCUT2D eigenvalue weighted by atomic mass is 35.5. The molecule has 20 heavy (non-hydrogen) atoms. The molecule has 2 rings (SSSR count). The van der Waals surface area contributed by atoms with Gasteiger partial charge < -0.3 is 4.90 Å². The lowest BCUT2D eigenvalue weighted by molar-refractivity contribution is -0.134. The molecule has 0 spiro atoms. The normalized spacial score (nSPS) is 24.2. The number of carbonyl (C=O) groups excluding carboxylic acids is 1. The first-order valence-corrected chi connectivity index (χ1v) is 9.02. The highest BCUT2D eigenvalue weighted by Gasteiger charge is 2.33. The van der Waals surface area contributed by atoms with E-state index in [9.17, 15) is 13.2 Å². The Bertz CT molecular complexity index is 486. The summed E-state index contributed by atoms with van der Waals surface area (Å²) in [5.41, 5.74) is 0. The number of halogens is 1. The molecule has 1 aliphatic carbocycles. The van der Waals surface area contributed by atoms with E-state index in [4.69, 9.17) is 11.6 Å². The molecule has 7 heteroatoms. The van der Waals surface area contributed by atoms with Crippen LogP contribution >= 0.6 is 11.6 Å². The van der Waals surface area contributed by atoms with Crippen molar-refractivity contribution in [3.05, 3.63) is 11.6 Å². The standard InChI is InChI=1S/C13H21ClN2O3S/c1-10(14)9-20(18,19)15-12-6-7-16(8-12)13(17)11-4-2-3-5-11/h11-12,15H,1-9H2/t12-/m0/s1. The molecule has 5 nitrogen and oxygen atoms in total. The summed E-state index contributed by atoms with van der Waals surface area (Å²) in [5, 5.41) is 0.0920. The fraction of sp³-hybridized carbons (Fsp3) is 0.769. The SMILES string of the molecule is C=C(Cl)CS(=O)(=O)N[C@H]1CCN(C(=O)C2CCCC2)C1. The second-order valence-corrected chi connectivity index (χ2v) is 7.93. The molecule has 114 valence electrons. The molecule has 1 atom stereocenters. The summed E-state index contributed by atoms with van der Waals surface area (Å²) in [6.07, 6.45) is 4.85. The van der Waals surface area contributed by atoms with Crippen LogP contribution < -0.4 is 4.72 Å². The third-order valence-corrected chi connectivity index (χ3v) is 5.61. The number of nitrogens with zero attached hydrogens (tertiary/aromatic N) is 1. The van der Waals surface area contributed by atoms with E-state index >= 15 is 0 Å². The quantitative estimate of drug-likeness (QED) is 0.833. The van der Waals surface area contributed by atoms with Crippen LogP contribution in [0.4, 0.5) is 0 Å². The van der Waals surface area contributed by atoms with E-state index in [1.54, 1.807) is 4.90 Å². The summed E-state index contributed by atoms with van der Waals surface area (Å²) in [5.74, 6) is 0.0562. The summed E-state index contributed by atoms with van der Waals surface area (Å²) in [7, 11) is -3.45. The third kappa shape index (κ3) is 4.20. The smallest absolute Gasteiger partial charge is 0.225 e. The Kier molecular flexibility index (Phi) is 5.09. The Balaban J connectivity index is 1.86. The molecule has 0 bridgehead atoms. The van der Waals surface area contributed by atoms with Gasteiger partial charge in [0.25, 0.3) is 0 Å². The van der Waals surface area contributed by atoms with Crippen molar-refractivity contribution >= 4 is 27.5 Å². The monoisotopic (exact) mass is 320 g/mol. The van der Waals surface area contributed by atoms with E-state index in [1.165, 1.54) is 0 Å². The lowest BCUT2D eigenvalue weighted by atomic mass is 10.1. The van der Waals surface area contributed by atoms with Gasteiger partial charge in [0.15, 0.2) is 0 Å². The van der Waals surface area contributed by atoms with Crippen molar-refractivity contribution in [3.8, 4) is 0 Å². The number of sulfonamides is 1. The van der Waals surface area contributed by atoms with E-state index < -0.39 is 10.0 Å². The van der Waals surface area contributed by atoms with Gasteiger partial charge in [-0.15, -0.1) is 0 Å². The number of carbonyl (C=O) groups is 1. The predicted molar refractivity (Wildman–Crippen MR) is 78.9 cm³/mol. The van der Waals surface area contributed by atoms with Gasteiger partial charge in [-0.05, 0) is 19.3 Å². The van der Waals surface area contributed by atoms with E-state index in [1.807, 2.05) is 0 Å². The molecule has 1 heterocycles. The Morgan fingerprint density at radius 2 is 1.95 bits per heavy atom. The Morgan fingerprint density at radius 1 is 1.30 bits per heavy atom. The van der Waals surface area contributed by atoms with Gasteiger partial charge in [0, 0.05) is 30.1 Å². The van der Waals surface area contributed by atoms with Crippen LogP contribution in [-0.2, 0) is 14.8 Å². The fourth-order valence-corrected chi connectivity index (χ4v) is 4.62. The largest absolute Gasteiger partial charge is 0.341 e. The van der Waals surface area contributed by atoms with Crippen molar-refractivity contribution < 1.29 is 13.2 Å². The lowest BCUT2D eigenvalue weighted by Crippen LogP contribution is -2.40. The highest BCUT2D eigenvalue weighted by molar-refractivity contribution is 7.89. The summed E-state index contributed by atoms with van der Waals surface area (Å²) < 4.78 is 26.1. The first-order chi connectivity index (χ1) is 9.37. The minimum absolute atomic E-state index is 0.0920. The van der Waals surface area contributed by atoms with Crippen molar-refractivity contribution in [2.24, 2.45) is 5.92 Å². The van der Waals surface area contributed by atoms with Gasteiger partial charge in [-0.2, -0.15) is 0 Å². The van der Waals surface area contributed by atoms with E-state index in [0.29, 0.717) is 19.5 Å². The maximum Gasteiger partial charge on any atom is 0.225 e. The molecular weight excluding hydrogens is 300 g/mol. The van der Waals surface area contributed by atoms with E-state index in [-0.39, 0.29) is 28.7 Å². The van der Waals surface area contributed by atoms with Crippen molar-refractivity contribution in [2.75, 3.05) is 18.8 Å². The molecule has 2 aliphatic rings. The van der Waals surface area contributed by atoms with Crippen molar-refractivity contribution in [1.29, 1.82) is 0 Å². The number of rotatable bonds is 5. The molecule has 1 saturated heterocycles. The van der Waals surface area contributed by atoms with Crippen molar-refractivity contribution in [1.82, 2.24) is 9.62 Å². The number of hydrogen-bond acceptors (Lipinski definition) is 3. The fourth-order valence-electron chi connectivity index (χ4n) is 2.99. The van der Waals surface area contributed by atoms with Crippen LogP contribution in [0.15, 0.2) is 11.6 Å². The zero-order valence-electron chi connectivity index (χ0n) is 11.5. The second kappa shape index (κ2) is 6.45. The first-order valence-electron chi connectivity index (χ1n) is 6.99. The van der Waals surface area contributed by atoms with Crippen LogP contribution in [0.1, 0.15) is 32.1 Å². The van der Waals surface area contributed by atoms with Crippen molar-refractivity contribution in [3.63, 3.8) is 0 Å². The zero-order chi connectivity index (χ0) is 14.8. The summed E-state index contributed by atoms with van der Waals surface area (Å²) >= 11 is 5.53. The first kappa shape index (κ1) is 15.8. The van der Waals surface area contributed by atoms with Gasteiger partial charge in [-0.3, -0.25) is 4.79 Å². The van der Waals surface area contributed by atoms with Gasteiger partial charge in [0.2, 0.25) is 15.9 Å². The van der Waals surface area contributed by atoms with Gasteiger partial charge in [-0.25, -0.2) is 13.1 Å². The van der Waals surface area contributed by atoms with Gasteiger partial charge in [0.1, 0.15) is 0 Å². The molecule has 0 aromatic rings. The minimum atomic E-state index is -3.45. The summed E-state index contributed by atoms with van der Waals surface area (Å²) in [6, 6.07) is -0.207. The van der Waals surface area contributed by atoms with Gasteiger partial charge in [-0.1, -0.05) is 31.0 Å². The van der Waals surface area contributed by atoms with Crippen LogP contribution in [0.2, 0.25) is 0 Å². The second-order valence-electron chi connectivity index (χ2n) is 5.65. The Labute approximate surface area is 125 Å². The number of likely N-dealkylation sites (tertiary alicyclic amines) is 1. The lowest BCUT2D eigenvalue weighted by Gasteiger charge is -2.20. The number of hydrogen-bond donors (Lipinski definition) is 1. The molecule has 0 aromatic carbocycles. The number of amides is 1. The van der Waals surface area contributed by atoms with Crippen LogP contribution in [-0.4, -0.2) is 44.1 Å². The molecule has 1 amide bonds. The average Bonchev–Trinajstić information content (AvgIpc) is 2.95. The van der Waals surface area contributed by atoms with Crippen molar-refractivity contribution in [2.45, 2.75) is 38.1 Å². The number of nitrogens with one attached hydrogen (secondary N) is 1. The maximum atomic E-state index is 12.3. The van der Waals surface area contributed by atoms with Crippen LogP contribution in [0, 0.1) is 5.92 Å². The predicted octanol–water partition coefficient (Wildman–Crippen LogP) is 1.45. The molecule has 1 aliphatic heterocycles. The highest BCUT2D eigenvalue weighted by Crippen LogP contribution is 2.27. The van der Waals surface area contributed by atoms with Gasteiger partial charge in [0.05, 0.1) is 5.75 Å². The Hall–Kier alpha value is -0.590.